The van der Waals surface area contributed by atoms with Gasteiger partial charge in [0.25, 0.3) is 5.91 Å². The Balaban J connectivity index is 0.00000267. The van der Waals surface area contributed by atoms with E-state index in [1.165, 1.54) is 5.56 Å². The molecule has 1 aromatic heterocycles. The van der Waals surface area contributed by atoms with Gasteiger partial charge in [0.05, 0.1) is 5.69 Å². The smallest absolute Gasteiger partial charge is 0.255 e. The van der Waals surface area contributed by atoms with Crippen LogP contribution in [0.2, 0.25) is 0 Å². The Bertz CT molecular complexity index is 1520. The van der Waals surface area contributed by atoms with Gasteiger partial charge in [-0.15, -0.1) is 12.4 Å². The minimum atomic E-state index is -0.140. The SMILES string of the molecule is Cl.O=C(Nc1ccccc1-c1cc2c(CN3CCNCC3)cccc2o1)c1ccc2ccccc2c1. The Labute approximate surface area is 216 Å². The highest BCUT2D eigenvalue weighted by molar-refractivity contribution is 6.08. The summed E-state index contributed by atoms with van der Waals surface area (Å²) >= 11 is 0. The molecule has 36 heavy (non-hydrogen) atoms. The second-order valence-electron chi connectivity index (χ2n) is 9.03. The van der Waals surface area contributed by atoms with E-state index in [9.17, 15) is 4.79 Å². The average Bonchev–Trinajstić information content (AvgIpc) is 3.35. The van der Waals surface area contributed by atoms with Crippen molar-refractivity contribution in [1.82, 2.24) is 10.2 Å². The Hall–Kier alpha value is -3.64. The molecule has 0 unspecified atom stereocenters. The van der Waals surface area contributed by atoms with Crippen molar-refractivity contribution in [3.05, 3.63) is 102 Å². The van der Waals surface area contributed by atoms with E-state index in [0.717, 1.165) is 71.5 Å². The molecule has 0 bridgehead atoms. The number of nitrogens with one attached hydrogen (secondary N) is 2. The molecule has 0 atom stereocenters. The van der Waals surface area contributed by atoms with Gasteiger partial charge in [0, 0.05) is 49.2 Å². The summed E-state index contributed by atoms with van der Waals surface area (Å²) < 4.78 is 6.29. The van der Waals surface area contributed by atoms with E-state index >= 15 is 0 Å². The molecule has 5 aromatic rings. The number of anilines is 1. The van der Waals surface area contributed by atoms with Gasteiger partial charge < -0.3 is 15.1 Å². The molecule has 2 N–H and O–H groups in total. The lowest BCUT2D eigenvalue weighted by atomic mass is 10.1. The lowest BCUT2D eigenvalue weighted by Crippen LogP contribution is -2.42. The molecule has 1 fully saturated rings. The van der Waals surface area contributed by atoms with Crippen molar-refractivity contribution in [3.63, 3.8) is 0 Å². The molecule has 0 saturated carbocycles. The van der Waals surface area contributed by atoms with Crippen molar-refractivity contribution < 1.29 is 9.21 Å². The molecule has 6 rings (SSSR count). The molecule has 4 aromatic carbocycles. The summed E-state index contributed by atoms with van der Waals surface area (Å²) in [5.41, 5.74) is 4.35. The summed E-state index contributed by atoms with van der Waals surface area (Å²) in [6, 6.07) is 30.0. The van der Waals surface area contributed by atoms with Gasteiger partial charge in [-0.2, -0.15) is 0 Å². The number of para-hydroxylation sites is 1. The number of nitrogens with zero attached hydrogens (tertiary/aromatic N) is 1. The minimum absolute atomic E-state index is 0. The first-order valence-electron chi connectivity index (χ1n) is 12.1. The van der Waals surface area contributed by atoms with E-state index in [4.69, 9.17) is 4.42 Å². The summed E-state index contributed by atoms with van der Waals surface area (Å²) in [5.74, 6) is 0.612. The topological polar surface area (TPSA) is 57.5 Å². The molecular weight excluding hydrogens is 470 g/mol. The van der Waals surface area contributed by atoms with Gasteiger partial charge in [-0.1, -0.05) is 54.6 Å². The highest BCUT2D eigenvalue weighted by Gasteiger charge is 2.17. The van der Waals surface area contributed by atoms with E-state index in [1.807, 2.05) is 72.8 Å². The molecule has 1 aliphatic heterocycles. The van der Waals surface area contributed by atoms with E-state index in [2.05, 4.69) is 33.7 Å². The molecule has 5 nitrogen and oxygen atoms in total. The van der Waals surface area contributed by atoms with E-state index < -0.39 is 0 Å². The second kappa shape index (κ2) is 10.5. The van der Waals surface area contributed by atoms with Crippen molar-refractivity contribution in [2.75, 3.05) is 31.5 Å². The quantitative estimate of drug-likeness (QED) is 0.298. The number of carbonyl (C=O) groups is 1. The first kappa shape index (κ1) is 24.1. The molecule has 0 spiro atoms. The number of furan rings is 1. The van der Waals surface area contributed by atoms with Crippen LogP contribution >= 0.6 is 12.4 Å². The Kier molecular flexibility index (Phi) is 7.05. The first-order valence-corrected chi connectivity index (χ1v) is 12.1. The normalized spacial score (nSPS) is 14.0. The summed E-state index contributed by atoms with van der Waals surface area (Å²) in [5, 5.41) is 9.79. The predicted molar refractivity (Wildman–Crippen MR) is 149 cm³/mol. The largest absolute Gasteiger partial charge is 0.456 e. The molecule has 1 aliphatic rings. The fourth-order valence-corrected chi connectivity index (χ4v) is 4.83. The lowest BCUT2D eigenvalue weighted by molar-refractivity contribution is 0.102. The van der Waals surface area contributed by atoms with Gasteiger partial charge in [0.15, 0.2) is 0 Å². The molecule has 1 amide bonds. The standard InChI is InChI=1S/C30H27N3O2.ClH/c34-30(23-13-12-21-6-1-2-7-22(21)18-23)32-27-10-4-3-9-25(27)29-19-26-24(8-5-11-28(26)35-29)20-33-16-14-31-15-17-33;/h1-13,18-19,31H,14-17,20H2,(H,32,34);1H. The molecular formula is C30H28ClN3O2. The third kappa shape index (κ3) is 4.86. The van der Waals surface area contributed by atoms with Crippen LogP contribution in [0.1, 0.15) is 15.9 Å². The number of carbonyl (C=O) groups excluding carboxylic acids is 1. The van der Waals surface area contributed by atoms with Gasteiger partial charge in [0.2, 0.25) is 0 Å². The maximum absolute atomic E-state index is 13.1. The van der Waals surface area contributed by atoms with Gasteiger partial charge >= 0.3 is 0 Å². The van der Waals surface area contributed by atoms with Crippen LogP contribution in [0.15, 0.2) is 95.4 Å². The number of piperazine rings is 1. The predicted octanol–water partition coefficient (Wildman–Crippen LogP) is 6.33. The summed E-state index contributed by atoms with van der Waals surface area (Å²) in [6.45, 7) is 5.04. The van der Waals surface area contributed by atoms with Gasteiger partial charge in [0.1, 0.15) is 11.3 Å². The molecule has 2 heterocycles. The van der Waals surface area contributed by atoms with Crippen molar-refractivity contribution in [2.45, 2.75) is 6.54 Å². The number of fused-ring (bicyclic) bond motifs is 2. The molecule has 6 heteroatoms. The number of benzene rings is 4. The van der Waals surface area contributed by atoms with E-state index in [-0.39, 0.29) is 18.3 Å². The third-order valence-electron chi connectivity index (χ3n) is 6.71. The van der Waals surface area contributed by atoms with Crippen molar-refractivity contribution in [3.8, 4) is 11.3 Å². The van der Waals surface area contributed by atoms with Crippen LogP contribution in [0.25, 0.3) is 33.1 Å². The monoisotopic (exact) mass is 497 g/mol. The maximum atomic E-state index is 13.1. The van der Waals surface area contributed by atoms with Crippen molar-refractivity contribution >= 4 is 45.7 Å². The number of halogens is 1. The fraction of sp³-hybridized carbons (Fsp3) is 0.167. The van der Waals surface area contributed by atoms with Crippen LogP contribution in [0.4, 0.5) is 5.69 Å². The van der Waals surface area contributed by atoms with Crippen LogP contribution in [0, 0.1) is 0 Å². The second-order valence-corrected chi connectivity index (χ2v) is 9.03. The third-order valence-corrected chi connectivity index (χ3v) is 6.71. The highest BCUT2D eigenvalue weighted by atomic mass is 35.5. The Morgan fingerprint density at radius 2 is 1.64 bits per heavy atom. The number of amides is 1. The zero-order valence-corrected chi connectivity index (χ0v) is 20.7. The molecule has 0 aliphatic carbocycles. The van der Waals surface area contributed by atoms with Crippen LogP contribution in [0.5, 0.6) is 0 Å². The number of hydrogen-bond donors (Lipinski definition) is 2. The average molecular weight is 498 g/mol. The van der Waals surface area contributed by atoms with Crippen LogP contribution in [-0.4, -0.2) is 37.0 Å². The van der Waals surface area contributed by atoms with Crippen molar-refractivity contribution in [2.24, 2.45) is 0 Å². The summed E-state index contributed by atoms with van der Waals surface area (Å²) in [7, 11) is 0. The van der Waals surface area contributed by atoms with Crippen LogP contribution in [-0.2, 0) is 6.54 Å². The maximum Gasteiger partial charge on any atom is 0.255 e. The van der Waals surface area contributed by atoms with E-state index in [1.54, 1.807) is 0 Å². The van der Waals surface area contributed by atoms with Crippen LogP contribution < -0.4 is 10.6 Å². The molecule has 182 valence electrons. The van der Waals surface area contributed by atoms with Gasteiger partial charge in [-0.05, 0) is 52.7 Å². The van der Waals surface area contributed by atoms with Crippen LogP contribution in [0.3, 0.4) is 0 Å². The number of rotatable bonds is 5. The van der Waals surface area contributed by atoms with Crippen molar-refractivity contribution in [1.29, 1.82) is 0 Å². The molecule has 1 saturated heterocycles. The zero-order valence-electron chi connectivity index (χ0n) is 19.9. The fourth-order valence-electron chi connectivity index (χ4n) is 4.83. The van der Waals surface area contributed by atoms with E-state index in [0.29, 0.717) is 5.56 Å². The summed E-state index contributed by atoms with van der Waals surface area (Å²) in [4.78, 5) is 15.6. The Morgan fingerprint density at radius 1 is 0.861 bits per heavy atom. The zero-order chi connectivity index (χ0) is 23.6. The van der Waals surface area contributed by atoms with Gasteiger partial charge in [-0.25, -0.2) is 0 Å². The molecule has 0 radical (unpaired) electrons. The lowest BCUT2D eigenvalue weighted by Gasteiger charge is -2.27. The Morgan fingerprint density at radius 3 is 2.50 bits per heavy atom. The van der Waals surface area contributed by atoms with Gasteiger partial charge in [-0.3, -0.25) is 9.69 Å². The number of hydrogen-bond acceptors (Lipinski definition) is 4. The first-order chi connectivity index (χ1) is 17.2. The minimum Gasteiger partial charge on any atom is -0.456 e. The summed E-state index contributed by atoms with van der Waals surface area (Å²) in [6.07, 6.45) is 0. The highest BCUT2D eigenvalue weighted by Crippen LogP contribution is 2.34.